The van der Waals surface area contributed by atoms with Gasteiger partial charge in [0.15, 0.2) is 0 Å². The van der Waals surface area contributed by atoms with Gasteiger partial charge in [-0.2, -0.15) is 0 Å². The van der Waals surface area contributed by atoms with Crippen molar-refractivity contribution in [2.24, 2.45) is 0 Å². The molecular weight excluding hydrogens is 328 g/mol. The molecule has 0 spiro atoms. The van der Waals surface area contributed by atoms with E-state index in [4.69, 9.17) is 16.3 Å². The van der Waals surface area contributed by atoms with Crippen LogP contribution in [0, 0.1) is 6.92 Å². The Hall–Kier alpha value is -2.01. The molecule has 24 heavy (non-hydrogen) atoms. The number of aryl methyl sites for hydroxylation is 1. The SMILES string of the molecule is COc1cc(Cl)c(C)cc1NC(=O)C(=O)NCCC1=CCCCC1. The highest BCUT2D eigenvalue weighted by molar-refractivity contribution is 6.40. The summed E-state index contributed by atoms with van der Waals surface area (Å²) in [5, 5.41) is 5.76. The van der Waals surface area contributed by atoms with Gasteiger partial charge >= 0.3 is 11.8 Å². The van der Waals surface area contributed by atoms with E-state index in [0.29, 0.717) is 23.0 Å². The maximum Gasteiger partial charge on any atom is 0.313 e. The Morgan fingerprint density at radius 1 is 1.25 bits per heavy atom. The molecule has 0 radical (unpaired) electrons. The summed E-state index contributed by atoms with van der Waals surface area (Å²) in [7, 11) is 1.48. The third kappa shape index (κ3) is 4.99. The summed E-state index contributed by atoms with van der Waals surface area (Å²) >= 11 is 6.03. The van der Waals surface area contributed by atoms with Crippen LogP contribution in [0.15, 0.2) is 23.8 Å². The molecule has 1 aromatic rings. The first-order valence-corrected chi connectivity index (χ1v) is 8.50. The maximum absolute atomic E-state index is 12.0. The highest BCUT2D eigenvalue weighted by Crippen LogP contribution is 2.30. The van der Waals surface area contributed by atoms with Crippen LogP contribution in [0.3, 0.4) is 0 Å². The van der Waals surface area contributed by atoms with E-state index in [2.05, 4.69) is 16.7 Å². The predicted molar refractivity (Wildman–Crippen MR) is 95.5 cm³/mol. The van der Waals surface area contributed by atoms with Crippen molar-refractivity contribution >= 4 is 29.1 Å². The van der Waals surface area contributed by atoms with Crippen molar-refractivity contribution in [2.45, 2.75) is 39.0 Å². The Morgan fingerprint density at radius 3 is 2.71 bits per heavy atom. The number of rotatable bonds is 5. The summed E-state index contributed by atoms with van der Waals surface area (Å²) in [4.78, 5) is 24.0. The van der Waals surface area contributed by atoms with Gasteiger partial charge < -0.3 is 15.4 Å². The van der Waals surface area contributed by atoms with Gasteiger partial charge in [-0.25, -0.2) is 0 Å². The molecule has 5 nitrogen and oxygen atoms in total. The second kappa shape index (κ2) is 8.73. The summed E-state index contributed by atoms with van der Waals surface area (Å²) in [6.07, 6.45) is 7.67. The van der Waals surface area contributed by atoms with Gasteiger partial charge in [0, 0.05) is 17.6 Å². The van der Waals surface area contributed by atoms with Gasteiger partial charge in [-0.3, -0.25) is 9.59 Å². The quantitative estimate of drug-likeness (QED) is 0.629. The summed E-state index contributed by atoms with van der Waals surface area (Å²) in [5.74, 6) is -0.951. The average molecular weight is 351 g/mol. The van der Waals surface area contributed by atoms with Gasteiger partial charge in [-0.15, -0.1) is 0 Å². The van der Waals surface area contributed by atoms with E-state index in [1.165, 1.54) is 25.5 Å². The number of anilines is 1. The molecule has 0 aromatic heterocycles. The molecule has 1 aromatic carbocycles. The van der Waals surface area contributed by atoms with Crippen molar-refractivity contribution in [3.05, 3.63) is 34.4 Å². The summed E-state index contributed by atoms with van der Waals surface area (Å²) in [5.41, 5.74) is 2.57. The van der Waals surface area contributed by atoms with Crippen molar-refractivity contribution in [1.82, 2.24) is 5.32 Å². The minimum atomic E-state index is -0.715. The smallest absolute Gasteiger partial charge is 0.313 e. The summed E-state index contributed by atoms with van der Waals surface area (Å²) in [6, 6.07) is 3.29. The Bertz CT molecular complexity index is 656. The molecule has 0 heterocycles. The van der Waals surface area contributed by atoms with E-state index in [1.807, 2.05) is 6.92 Å². The fourth-order valence-corrected chi connectivity index (χ4v) is 2.81. The van der Waals surface area contributed by atoms with E-state index in [1.54, 1.807) is 12.1 Å². The van der Waals surface area contributed by atoms with Crippen molar-refractivity contribution in [3.8, 4) is 5.75 Å². The number of hydrogen-bond donors (Lipinski definition) is 2. The molecule has 0 aliphatic heterocycles. The number of hydrogen-bond acceptors (Lipinski definition) is 3. The fraction of sp³-hybridized carbons (Fsp3) is 0.444. The largest absolute Gasteiger partial charge is 0.495 e. The van der Waals surface area contributed by atoms with E-state index >= 15 is 0 Å². The highest BCUT2D eigenvalue weighted by Gasteiger charge is 2.16. The molecule has 0 fully saturated rings. The Labute approximate surface area is 147 Å². The lowest BCUT2D eigenvalue weighted by atomic mass is 9.97. The zero-order chi connectivity index (χ0) is 17.5. The third-order valence-corrected chi connectivity index (χ3v) is 4.46. The van der Waals surface area contributed by atoms with Gasteiger partial charge in [-0.1, -0.05) is 23.3 Å². The van der Waals surface area contributed by atoms with E-state index < -0.39 is 11.8 Å². The third-order valence-electron chi connectivity index (χ3n) is 4.05. The van der Waals surface area contributed by atoms with Crippen LogP contribution in [0.2, 0.25) is 5.02 Å². The number of allylic oxidation sites excluding steroid dienone is 1. The number of halogens is 1. The van der Waals surface area contributed by atoms with Crippen molar-refractivity contribution in [1.29, 1.82) is 0 Å². The zero-order valence-electron chi connectivity index (χ0n) is 14.1. The molecule has 1 aliphatic carbocycles. The van der Waals surface area contributed by atoms with E-state index in [0.717, 1.165) is 24.8 Å². The number of benzene rings is 1. The van der Waals surface area contributed by atoms with Gasteiger partial charge in [0.05, 0.1) is 12.8 Å². The van der Waals surface area contributed by atoms with Crippen LogP contribution in [0.5, 0.6) is 5.75 Å². The maximum atomic E-state index is 12.0. The first-order valence-electron chi connectivity index (χ1n) is 8.12. The minimum absolute atomic E-state index is 0.416. The Balaban J connectivity index is 1.88. The second-order valence-corrected chi connectivity index (χ2v) is 6.28. The molecule has 130 valence electrons. The minimum Gasteiger partial charge on any atom is -0.495 e. The van der Waals surface area contributed by atoms with Crippen molar-refractivity contribution < 1.29 is 14.3 Å². The number of methoxy groups -OCH3 is 1. The fourth-order valence-electron chi connectivity index (χ4n) is 2.66. The van der Waals surface area contributed by atoms with Gasteiger partial charge in [0.25, 0.3) is 0 Å². The van der Waals surface area contributed by atoms with Gasteiger partial charge in [-0.05, 0) is 50.7 Å². The van der Waals surface area contributed by atoms with Crippen LogP contribution in [-0.4, -0.2) is 25.5 Å². The Kier molecular flexibility index (Phi) is 6.67. The summed E-state index contributed by atoms with van der Waals surface area (Å²) in [6.45, 7) is 2.28. The van der Waals surface area contributed by atoms with Crippen LogP contribution < -0.4 is 15.4 Å². The number of carbonyl (C=O) groups excluding carboxylic acids is 2. The first-order chi connectivity index (χ1) is 11.5. The molecule has 6 heteroatoms. The number of carbonyl (C=O) groups is 2. The van der Waals surface area contributed by atoms with Crippen LogP contribution >= 0.6 is 11.6 Å². The van der Waals surface area contributed by atoms with Crippen LogP contribution in [-0.2, 0) is 9.59 Å². The van der Waals surface area contributed by atoms with E-state index in [-0.39, 0.29) is 0 Å². The normalized spacial score (nSPS) is 13.9. The Morgan fingerprint density at radius 2 is 2.04 bits per heavy atom. The standard InChI is InChI=1S/C18H23ClN2O3/c1-12-10-15(16(24-2)11-14(12)19)21-18(23)17(22)20-9-8-13-6-4-3-5-7-13/h6,10-11H,3-5,7-9H2,1-2H3,(H,20,22)(H,21,23). The molecule has 2 N–H and O–H groups in total. The molecule has 1 aliphatic rings. The van der Waals surface area contributed by atoms with Gasteiger partial charge in [0.2, 0.25) is 0 Å². The molecule has 0 atom stereocenters. The second-order valence-electron chi connectivity index (χ2n) is 5.87. The zero-order valence-corrected chi connectivity index (χ0v) is 14.8. The number of amides is 2. The first kappa shape index (κ1) is 18.3. The predicted octanol–water partition coefficient (Wildman–Crippen LogP) is 3.60. The van der Waals surface area contributed by atoms with Crippen molar-refractivity contribution in [3.63, 3.8) is 0 Å². The molecule has 0 bridgehead atoms. The molecule has 0 unspecified atom stereocenters. The number of ether oxygens (including phenoxy) is 1. The molecule has 2 amide bonds. The van der Waals surface area contributed by atoms with Crippen LogP contribution in [0.4, 0.5) is 5.69 Å². The number of nitrogens with one attached hydrogen (secondary N) is 2. The van der Waals surface area contributed by atoms with Crippen LogP contribution in [0.25, 0.3) is 0 Å². The highest BCUT2D eigenvalue weighted by atomic mass is 35.5. The molecule has 0 saturated heterocycles. The topological polar surface area (TPSA) is 67.4 Å². The van der Waals surface area contributed by atoms with Crippen molar-refractivity contribution in [2.75, 3.05) is 19.0 Å². The lowest BCUT2D eigenvalue weighted by Gasteiger charge is -2.14. The average Bonchev–Trinajstić information content (AvgIpc) is 2.58. The molecule has 2 rings (SSSR count). The van der Waals surface area contributed by atoms with E-state index in [9.17, 15) is 9.59 Å². The molecular formula is C18H23ClN2O3. The lowest BCUT2D eigenvalue weighted by molar-refractivity contribution is -0.136. The summed E-state index contributed by atoms with van der Waals surface area (Å²) < 4.78 is 5.18. The molecule has 0 saturated carbocycles. The van der Waals surface area contributed by atoms with Gasteiger partial charge in [0.1, 0.15) is 5.75 Å². The van der Waals surface area contributed by atoms with Crippen LogP contribution in [0.1, 0.15) is 37.7 Å². The monoisotopic (exact) mass is 350 g/mol. The lowest BCUT2D eigenvalue weighted by Crippen LogP contribution is -2.36.